The van der Waals surface area contributed by atoms with E-state index >= 15 is 0 Å². The lowest BCUT2D eigenvalue weighted by Gasteiger charge is -2.16. The third-order valence-corrected chi connectivity index (χ3v) is 4.11. The van der Waals surface area contributed by atoms with Crippen molar-refractivity contribution >= 4 is 39.9 Å². The van der Waals surface area contributed by atoms with E-state index < -0.39 is 18.0 Å². The van der Waals surface area contributed by atoms with Gasteiger partial charge in [0.15, 0.2) is 6.10 Å². The molecule has 0 aromatic heterocycles. The summed E-state index contributed by atoms with van der Waals surface area (Å²) in [6.45, 7) is 2.86. The minimum absolute atomic E-state index is 0.188. The lowest BCUT2D eigenvalue weighted by atomic mass is 10.0. The summed E-state index contributed by atoms with van der Waals surface area (Å²) in [4.78, 5) is 36.5. The van der Waals surface area contributed by atoms with Crippen molar-refractivity contribution in [3.8, 4) is 0 Å². The van der Waals surface area contributed by atoms with Crippen LogP contribution in [0.15, 0.2) is 66.7 Å². The van der Waals surface area contributed by atoms with Crippen LogP contribution in [-0.2, 0) is 14.3 Å². The maximum absolute atomic E-state index is 12.7. The minimum Gasteiger partial charge on any atom is -0.449 e. The van der Waals surface area contributed by atoms with Crippen molar-refractivity contribution in [2.24, 2.45) is 0 Å². The Kier molecular flexibility index (Phi) is 5.69. The summed E-state index contributed by atoms with van der Waals surface area (Å²) < 4.78 is 5.34. The summed E-state index contributed by atoms with van der Waals surface area (Å²) in [6, 6.07) is 19.7. The number of benzene rings is 3. The molecule has 28 heavy (non-hydrogen) atoms. The molecule has 0 heterocycles. The molecule has 2 amide bonds. The van der Waals surface area contributed by atoms with E-state index in [1.807, 2.05) is 30.3 Å². The van der Waals surface area contributed by atoms with Crippen molar-refractivity contribution in [2.75, 3.05) is 10.6 Å². The second kappa shape index (κ2) is 8.35. The number of carbonyl (C=O) groups excluding carboxylic acids is 3. The van der Waals surface area contributed by atoms with E-state index in [1.54, 1.807) is 36.4 Å². The molecule has 0 saturated heterocycles. The first-order chi connectivity index (χ1) is 13.4. The molecule has 2 N–H and O–H groups in total. The number of esters is 1. The van der Waals surface area contributed by atoms with Crippen LogP contribution in [0.25, 0.3) is 10.8 Å². The van der Waals surface area contributed by atoms with Crippen molar-refractivity contribution in [1.82, 2.24) is 0 Å². The highest BCUT2D eigenvalue weighted by Gasteiger charge is 2.22. The maximum atomic E-state index is 12.7. The highest BCUT2D eigenvalue weighted by atomic mass is 16.5. The van der Waals surface area contributed by atoms with E-state index in [-0.39, 0.29) is 11.5 Å². The molecule has 3 rings (SSSR count). The Bertz CT molecular complexity index is 1030. The van der Waals surface area contributed by atoms with Crippen molar-refractivity contribution in [1.29, 1.82) is 0 Å². The Hall–Kier alpha value is -3.67. The zero-order valence-electron chi connectivity index (χ0n) is 15.6. The largest absolute Gasteiger partial charge is 0.449 e. The lowest BCUT2D eigenvalue weighted by Crippen LogP contribution is -2.30. The van der Waals surface area contributed by atoms with Crippen LogP contribution >= 0.6 is 0 Å². The van der Waals surface area contributed by atoms with Gasteiger partial charge in [0.1, 0.15) is 0 Å². The summed E-state index contributed by atoms with van der Waals surface area (Å²) in [6.07, 6.45) is -1.01. The van der Waals surface area contributed by atoms with Gasteiger partial charge in [0.2, 0.25) is 5.91 Å². The molecule has 1 atom stereocenters. The van der Waals surface area contributed by atoms with E-state index in [2.05, 4.69) is 10.6 Å². The molecule has 6 nitrogen and oxygen atoms in total. The van der Waals surface area contributed by atoms with Crippen LogP contribution in [0.3, 0.4) is 0 Å². The molecule has 0 saturated carbocycles. The van der Waals surface area contributed by atoms with Crippen LogP contribution in [-0.4, -0.2) is 23.9 Å². The third-order valence-electron chi connectivity index (χ3n) is 4.11. The molecule has 6 heteroatoms. The molecule has 0 aliphatic rings. The van der Waals surface area contributed by atoms with E-state index in [0.29, 0.717) is 11.4 Å². The number of hydrogen-bond donors (Lipinski definition) is 2. The molecule has 142 valence electrons. The summed E-state index contributed by atoms with van der Waals surface area (Å²) in [7, 11) is 0. The van der Waals surface area contributed by atoms with Crippen LogP contribution in [0.1, 0.15) is 24.2 Å². The van der Waals surface area contributed by atoms with Crippen LogP contribution in [0, 0.1) is 0 Å². The monoisotopic (exact) mass is 376 g/mol. The number of nitrogens with one attached hydrogen (secondary N) is 2. The SMILES string of the molecule is CC(=O)Nc1cc2ccccc2cc1C(=O)OC(C)C(=O)Nc1ccccc1. The Morgan fingerprint density at radius 1 is 0.857 bits per heavy atom. The molecule has 0 radical (unpaired) electrons. The molecule has 0 aliphatic heterocycles. The molecular weight excluding hydrogens is 356 g/mol. The average Bonchev–Trinajstić information content (AvgIpc) is 2.67. The van der Waals surface area contributed by atoms with Gasteiger partial charge in [-0.05, 0) is 42.0 Å². The highest BCUT2D eigenvalue weighted by Crippen LogP contribution is 2.25. The number of para-hydroxylation sites is 1. The van der Waals surface area contributed by atoms with Crippen LogP contribution in [0.4, 0.5) is 11.4 Å². The Labute approximate surface area is 162 Å². The Morgan fingerprint density at radius 2 is 1.46 bits per heavy atom. The second-order valence-electron chi connectivity index (χ2n) is 6.33. The van der Waals surface area contributed by atoms with E-state index in [4.69, 9.17) is 4.74 Å². The van der Waals surface area contributed by atoms with Gasteiger partial charge in [0.25, 0.3) is 5.91 Å². The van der Waals surface area contributed by atoms with Gasteiger partial charge in [-0.15, -0.1) is 0 Å². The van der Waals surface area contributed by atoms with Gasteiger partial charge in [-0.2, -0.15) is 0 Å². The summed E-state index contributed by atoms with van der Waals surface area (Å²) in [5.41, 5.74) is 1.14. The first kappa shape index (κ1) is 19.1. The van der Waals surface area contributed by atoms with Gasteiger partial charge in [-0.3, -0.25) is 9.59 Å². The number of ether oxygens (including phenoxy) is 1. The van der Waals surface area contributed by atoms with Gasteiger partial charge in [-0.1, -0.05) is 42.5 Å². The topological polar surface area (TPSA) is 84.5 Å². The standard InChI is InChI=1S/C22H20N2O4/c1-14(21(26)24-18-10-4-3-5-11-18)28-22(27)19-12-16-8-6-7-9-17(16)13-20(19)23-15(2)25/h3-14H,1-2H3,(H,23,25)(H,24,26). The molecule has 0 bridgehead atoms. The molecule has 0 aliphatic carbocycles. The molecule has 0 fully saturated rings. The van der Waals surface area contributed by atoms with Crippen LogP contribution in [0.2, 0.25) is 0 Å². The van der Waals surface area contributed by atoms with Crippen molar-refractivity contribution in [2.45, 2.75) is 20.0 Å². The smallest absolute Gasteiger partial charge is 0.341 e. The van der Waals surface area contributed by atoms with Crippen molar-refractivity contribution < 1.29 is 19.1 Å². The number of amides is 2. The fourth-order valence-electron chi connectivity index (χ4n) is 2.75. The first-order valence-electron chi connectivity index (χ1n) is 8.81. The first-order valence-corrected chi connectivity index (χ1v) is 8.81. The van der Waals surface area contributed by atoms with Crippen molar-refractivity contribution in [3.63, 3.8) is 0 Å². The number of anilines is 2. The molecule has 0 spiro atoms. The maximum Gasteiger partial charge on any atom is 0.341 e. The second-order valence-corrected chi connectivity index (χ2v) is 6.33. The van der Waals surface area contributed by atoms with E-state index in [1.165, 1.54) is 13.8 Å². The highest BCUT2D eigenvalue weighted by molar-refractivity contribution is 6.06. The van der Waals surface area contributed by atoms with E-state index in [0.717, 1.165) is 10.8 Å². The Morgan fingerprint density at radius 3 is 2.11 bits per heavy atom. The molecule has 3 aromatic rings. The molecular formula is C22H20N2O4. The minimum atomic E-state index is -1.01. The van der Waals surface area contributed by atoms with E-state index in [9.17, 15) is 14.4 Å². The van der Waals surface area contributed by atoms with Gasteiger partial charge < -0.3 is 15.4 Å². The number of rotatable bonds is 5. The predicted octanol–water partition coefficient (Wildman–Crippen LogP) is 3.98. The molecule has 3 aromatic carbocycles. The molecule has 1 unspecified atom stereocenters. The summed E-state index contributed by atoms with van der Waals surface area (Å²) in [5.74, 6) is -1.44. The van der Waals surface area contributed by atoms with Crippen LogP contribution < -0.4 is 10.6 Å². The fourth-order valence-corrected chi connectivity index (χ4v) is 2.75. The van der Waals surface area contributed by atoms with Crippen molar-refractivity contribution in [3.05, 3.63) is 72.3 Å². The number of fused-ring (bicyclic) bond motifs is 1. The number of carbonyl (C=O) groups is 3. The van der Waals surface area contributed by atoms with Crippen LogP contribution in [0.5, 0.6) is 0 Å². The third kappa shape index (κ3) is 4.54. The number of hydrogen-bond acceptors (Lipinski definition) is 4. The summed E-state index contributed by atoms with van der Waals surface area (Å²) >= 11 is 0. The van der Waals surface area contributed by atoms with Gasteiger partial charge in [0.05, 0.1) is 11.3 Å². The lowest BCUT2D eigenvalue weighted by molar-refractivity contribution is -0.123. The predicted molar refractivity (Wildman–Crippen MR) is 108 cm³/mol. The zero-order chi connectivity index (χ0) is 20.1. The van der Waals surface area contributed by atoms with Gasteiger partial charge in [-0.25, -0.2) is 4.79 Å². The summed E-state index contributed by atoms with van der Waals surface area (Å²) in [5, 5.41) is 7.03. The fraction of sp³-hybridized carbons (Fsp3) is 0.136. The zero-order valence-corrected chi connectivity index (χ0v) is 15.6. The van der Waals surface area contributed by atoms with Gasteiger partial charge in [0, 0.05) is 12.6 Å². The average molecular weight is 376 g/mol. The Balaban J connectivity index is 1.81. The quantitative estimate of drug-likeness (QED) is 0.660. The normalized spacial score (nSPS) is 11.5. The van der Waals surface area contributed by atoms with Gasteiger partial charge >= 0.3 is 5.97 Å².